The van der Waals surface area contributed by atoms with Crippen molar-refractivity contribution < 1.29 is 0 Å². The van der Waals surface area contributed by atoms with E-state index in [4.69, 9.17) is 9.97 Å². The van der Waals surface area contributed by atoms with E-state index in [9.17, 15) is 0 Å². The van der Waals surface area contributed by atoms with E-state index in [1.54, 1.807) is 0 Å². The van der Waals surface area contributed by atoms with Crippen LogP contribution in [0.2, 0.25) is 0 Å². The van der Waals surface area contributed by atoms with Crippen LogP contribution in [-0.2, 0) is 0 Å². The fourth-order valence-electron chi connectivity index (χ4n) is 15.3. The molecule has 18 rings (SSSR count). The topological polar surface area (TPSA) is 35.6 Å². The van der Waals surface area contributed by atoms with Crippen molar-refractivity contribution in [3.8, 4) is 112 Å². The highest BCUT2D eigenvalue weighted by molar-refractivity contribution is 6.24. The Kier molecular flexibility index (Phi) is 13.6. The molecule has 0 fully saturated rings. The Bertz CT molecular complexity index is 5930. The second kappa shape index (κ2) is 23.3. The van der Waals surface area contributed by atoms with E-state index in [0.29, 0.717) is 0 Å². The summed E-state index contributed by atoms with van der Waals surface area (Å²) in [6.45, 7) is 4.20. The van der Waals surface area contributed by atoms with E-state index in [1.807, 2.05) is 6.07 Å². The number of aryl methyl sites for hydroxylation is 2. The fourth-order valence-corrected chi connectivity index (χ4v) is 15.3. The minimum atomic E-state index is 0.932. The van der Waals surface area contributed by atoms with Crippen molar-refractivity contribution in [1.82, 2.24) is 19.1 Å². The Morgan fingerprint density at radius 1 is 0.208 bits per heavy atom. The SMILES string of the molecule is Cc1nc2ccccc2n1-c1ccc(-c2c3ccccc3c(-c3ccc(-c4ccc(-c5cccc6c5nc(C)n6-c5ccc(-c6c7ccccc7c(-c7cc(-c8ccccc8)ccc7-c7ccccc7)c7ccccc67)cc5)cc4)c(-c4ccccc4)c3)c3ccccc23)cc1. The molecule has 0 unspecified atom stereocenters. The van der Waals surface area contributed by atoms with E-state index in [-0.39, 0.29) is 0 Å². The standard InChI is InChI=1S/C92H62N4/c1-59-93-85-38-20-21-39-86(85)95(59)70-51-45-66(46-52-70)88-75-29-12-14-31-77(75)90(78-32-15-13-30-76(78)88)69-50-56-72(83(58-69)63-27-10-5-11-28-63)64-41-43-65(44-42-64)74-37-22-40-87-92(74)94-60(2)96(87)71-53-47-67(48-54-71)89-79-33-16-18-35-81(79)91(82-36-19-17-34-80(82)89)84-57-68(61-23-6-3-7-24-61)49-55-73(84)62-25-8-4-9-26-62/h3-58H,1-2H3. The van der Waals surface area contributed by atoms with Crippen molar-refractivity contribution in [3.05, 3.63) is 351 Å². The van der Waals surface area contributed by atoms with Gasteiger partial charge in [0, 0.05) is 16.9 Å². The highest BCUT2D eigenvalue weighted by Gasteiger charge is 2.23. The molecule has 0 aliphatic heterocycles. The van der Waals surface area contributed by atoms with Crippen LogP contribution in [0, 0.1) is 13.8 Å². The number of nitrogens with zero attached hydrogens (tertiary/aromatic N) is 4. The molecule has 4 heteroatoms. The molecule has 16 aromatic carbocycles. The fraction of sp³-hybridized carbons (Fsp3) is 0.0217. The van der Waals surface area contributed by atoms with Crippen molar-refractivity contribution in [2.24, 2.45) is 0 Å². The summed E-state index contributed by atoms with van der Waals surface area (Å²) in [5.41, 5.74) is 27.6. The summed E-state index contributed by atoms with van der Waals surface area (Å²) in [6, 6.07) is 124. The van der Waals surface area contributed by atoms with Gasteiger partial charge in [0.05, 0.1) is 22.1 Å². The van der Waals surface area contributed by atoms with Crippen LogP contribution in [0.15, 0.2) is 340 Å². The van der Waals surface area contributed by atoms with Gasteiger partial charge in [0.15, 0.2) is 0 Å². The van der Waals surface area contributed by atoms with E-state index < -0.39 is 0 Å². The molecule has 0 spiro atoms. The summed E-state index contributed by atoms with van der Waals surface area (Å²) in [7, 11) is 0. The molecule has 96 heavy (non-hydrogen) atoms. The van der Waals surface area contributed by atoms with Crippen molar-refractivity contribution in [2.75, 3.05) is 0 Å². The van der Waals surface area contributed by atoms with Crippen molar-refractivity contribution in [2.45, 2.75) is 13.8 Å². The van der Waals surface area contributed by atoms with Crippen LogP contribution in [0.1, 0.15) is 11.6 Å². The molecule has 0 aliphatic rings. The first kappa shape index (κ1) is 56.3. The first-order valence-electron chi connectivity index (χ1n) is 33.0. The van der Waals surface area contributed by atoms with Crippen LogP contribution in [0.4, 0.5) is 0 Å². The average molecular weight is 1220 g/mol. The predicted octanol–water partition coefficient (Wildman–Crippen LogP) is 24.6. The molecule has 0 saturated carbocycles. The molecule has 0 saturated heterocycles. The molecule has 450 valence electrons. The van der Waals surface area contributed by atoms with E-state index in [2.05, 4.69) is 357 Å². The van der Waals surface area contributed by atoms with Gasteiger partial charge in [-0.1, -0.05) is 285 Å². The van der Waals surface area contributed by atoms with Crippen LogP contribution in [-0.4, -0.2) is 19.1 Å². The van der Waals surface area contributed by atoms with Gasteiger partial charge in [-0.05, 0) is 206 Å². The van der Waals surface area contributed by atoms with Gasteiger partial charge in [-0.25, -0.2) is 9.97 Å². The van der Waals surface area contributed by atoms with Gasteiger partial charge in [0.25, 0.3) is 0 Å². The molecular formula is C92H62N4. The van der Waals surface area contributed by atoms with Crippen LogP contribution < -0.4 is 0 Å². The second-order valence-electron chi connectivity index (χ2n) is 25.1. The zero-order valence-corrected chi connectivity index (χ0v) is 53.1. The Labute approximate surface area is 557 Å². The van der Waals surface area contributed by atoms with Gasteiger partial charge >= 0.3 is 0 Å². The number of benzene rings is 16. The van der Waals surface area contributed by atoms with Crippen molar-refractivity contribution >= 4 is 65.2 Å². The maximum absolute atomic E-state index is 5.34. The minimum absolute atomic E-state index is 0.932. The molecule has 0 aliphatic carbocycles. The van der Waals surface area contributed by atoms with Crippen LogP contribution >= 0.6 is 0 Å². The predicted molar refractivity (Wildman–Crippen MR) is 404 cm³/mol. The highest BCUT2D eigenvalue weighted by Crippen LogP contribution is 2.49. The maximum atomic E-state index is 5.34. The minimum Gasteiger partial charge on any atom is -0.297 e. The number of rotatable bonds is 11. The maximum Gasteiger partial charge on any atom is 0.111 e. The van der Waals surface area contributed by atoms with Gasteiger partial charge in [-0.2, -0.15) is 0 Å². The zero-order chi connectivity index (χ0) is 63.8. The van der Waals surface area contributed by atoms with Gasteiger partial charge in [0.2, 0.25) is 0 Å². The number of para-hydroxylation sites is 3. The summed E-state index contributed by atoms with van der Waals surface area (Å²) in [5, 5.41) is 9.75. The Morgan fingerprint density at radius 3 is 1.07 bits per heavy atom. The lowest BCUT2D eigenvalue weighted by atomic mass is 9.83. The number of fused-ring (bicyclic) bond motifs is 6. The van der Waals surface area contributed by atoms with Gasteiger partial charge < -0.3 is 0 Å². The average Bonchev–Trinajstić information content (AvgIpc) is 0.763. The summed E-state index contributed by atoms with van der Waals surface area (Å²) in [6.07, 6.45) is 0. The lowest BCUT2D eigenvalue weighted by Gasteiger charge is -2.21. The molecule has 0 bridgehead atoms. The third kappa shape index (κ3) is 9.44. The third-order valence-corrected chi connectivity index (χ3v) is 19.7. The zero-order valence-electron chi connectivity index (χ0n) is 53.1. The van der Waals surface area contributed by atoms with E-state index in [0.717, 1.165) is 67.3 Å². The monoisotopic (exact) mass is 1220 g/mol. The Morgan fingerprint density at radius 2 is 0.552 bits per heavy atom. The molecule has 0 amide bonds. The van der Waals surface area contributed by atoms with Gasteiger partial charge in [0.1, 0.15) is 11.6 Å². The molecule has 0 N–H and O–H groups in total. The molecule has 2 aromatic heterocycles. The largest absolute Gasteiger partial charge is 0.297 e. The number of aromatic nitrogens is 4. The molecular weight excluding hydrogens is 1160 g/mol. The third-order valence-electron chi connectivity index (χ3n) is 19.7. The lowest BCUT2D eigenvalue weighted by molar-refractivity contribution is 1.00. The smallest absolute Gasteiger partial charge is 0.111 e. The quantitative estimate of drug-likeness (QED) is 0.121. The van der Waals surface area contributed by atoms with Crippen molar-refractivity contribution in [3.63, 3.8) is 0 Å². The normalized spacial score (nSPS) is 11.6. The highest BCUT2D eigenvalue weighted by atomic mass is 15.1. The van der Waals surface area contributed by atoms with Gasteiger partial charge in [-0.3, -0.25) is 9.13 Å². The van der Waals surface area contributed by atoms with Crippen LogP contribution in [0.3, 0.4) is 0 Å². The van der Waals surface area contributed by atoms with Gasteiger partial charge in [-0.15, -0.1) is 0 Å². The number of hydrogen-bond acceptors (Lipinski definition) is 2. The summed E-state index contributed by atoms with van der Waals surface area (Å²) in [5.74, 6) is 1.90. The number of hydrogen-bond donors (Lipinski definition) is 0. The molecule has 2 heterocycles. The summed E-state index contributed by atoms with van der Waals surface area (Å²) >= 11 is 0. The lowest BCUT2D eigenvalue weighted by Crippen LogP contribution is -1.97. The van der Waals surface area contributed by atoms with Crippen LogP contribution in [0.5, 0.6) is 0 Å². The molecule has 0 atom stereocenters. The first-order chi connectivity index (χ1) is 47.5. The molecule has 4 nitrogen and oxygen atoms in total. The molecule has 0 radical (unpaired) electrons. The number of imidazole rings is 2. The Balaban J connectivity index is 0.689. The molecule has 18 aromatic rings. The first-order valence-corrected chi connectivity index (χ1v) is 33.0. The van der Waals surface area contributed by atoms with E-state index >= 15 is 0 Å². The van der Waals surface area contributed by atoms with E-state index in [1.165, 1.54) is 121 Å². The summed E-state index contributed by atoms with van der Waals surface area (Å²) < 4.78 is 4.55. The summed E-state index contributed by atoms with van der Waals surface area (Å²) in [4.78, 5) is 10.2. The van der Waals surface area contributed by atoms with Crippen molar-refractivity contribution in [1.29, 1.82) is 0 Å². The van der Waals surface area contributed by atoms with Crippen LogP contribution in [0.25, 0.3) is 177 Å². The second-order valence-corrected chi connectivity index (χ2v) is 25.1. The Hall–Kier alpha value is -12.5.